The number of aliphatic hydroxyl groups excluding tert-OH is 1. The van der Waals surface area contributed by atoms with Crippen LogP contribution >= 0.6 is 0 Å². The van der Waals surface area contributed by atoms with E-state index in [1.54, 1.807) is 18.6 Å². The van der Waals surface area contributed by atoms with Crippen LogP contribution in [0.15, 0.2) is 42.9 Å². The summed E-state index contributed by atoms with van der Waals surface area (Å²) in [5.41, 5.74) is 3.40. The van der Waals surface area contributed by atoms with Crippen LogP contribution in [-0.2, 0) is 21.5 Å². The highest BCUT2D eigenvalue weighted by molar-refractivity contribution is 5.73. The molecule has 38 heavy (non-hydrogen) atoms. The minimum atomic E-state index is -5.08. The summed E-state index contributed by atoms with van der Waals surface area (Å²) in [5.74, 6) is -5.51. The third kappa shape index (κ3) is 7.61. The van der Waals surface area contributed by atoms with Crippen molar-refractivity contribution in [3.8, 4) is 0 Å². The monoisotopic (exact) mass is 552 g/mol. The zero-order chi connectivity index (χ0) is 28.7. The standard InChI is InChI=1S/C19H24N4O.2C2HF3O2/c1-23(13-14-12-21-10-11-22-14)17-15-4-2-3-5-16(15)19(18(17)24)6-8-20-9-7-19;2*3-2(4,5)1(6)7/h2-5,10-12,17-18,20,24H,6-9,13H2,1H3;2*(H,6,7)/t17-,18+;;/m1../s1. The molecule has 0 radical (unpaired) electrons. The lowest BCUT2D eigenvalue weighted by molar-refractivity contribution is -0.193. The number of alkyl halides is 6. The Morgan fingerprint density at radius 3 is 2.03 bits per heavy atom. The van der Waals surface area contributed by atoms with Gasteiger partial charge in [0.1, 0.15) is 0 Å². The van der Waals surface area contributed by atoms with Crippen molar-refractivity contribution in [3.63, 3.8) is 0 Å². The van der Waals surface area contributed by atoms with Crippen LogP contribution in [0.3, 0.4) is 0 Å². The molecule has 15 heteroatoms. The Bertz CT molecular complexity index is 1050. The molecule has 1 saturated heterocycles. The molecule has 1 spiro atoms. The maximum Gasteiger partial charge on any atom is 0.490 e. The van der Waals surface area contributed by atoms with Gasteiger partial charge in [-0.15, -0.1) is 0 Å². The van der Waals surface area contributed by atoms with E-state index in [1.807, 2.05) is 0 Å². The van der Waals surface area contributed by atoms with Gasteiger partial charge in [0.2, 0.25) is 0 Å². The molecule has 1 aromatic heterocycles. The largest absolute Gasteiger partial charge is 0.490 e. The van der Waals surface area contributed by atoms with Crippen LogP contribution in [0.4, 0.5) is 26.3 Å². The van der Waals surface area contributed by atoms with Crippen LogP contribution in [0.2, 0.25) is 0 Å². The summed E-state index contributed by atoms with van der Waals surface area (Å²) in [7, 11) is 2.07. The first kappa shape index (κ1) is 30.9. The summed E-state index contributed by atoms with van der Waals surface area (Å²) in [4.78, 5) is 28.5. The SMILES string of the molecule is CN(Cc1cnccn1)[C@@H]1c2ccccc2C2(CCNCC2)[C@H]1O.O=C(O)C(F)(F)F.O=C(O)C(F)(F)F. The van der Waals surface area contributed by atoms with Crippen molar-refractivity contribution < 1.29 is 51.3 Å². The van der Waals surface area contributed by atoms with Crippen LogP contribution in [0.1, 0.15) is 35.7 Å². The van der Waals surface area contributed by atoms with E-state index in [-0.39, 0.29) is 11.5 Å². The first-order valence-electron chi connectivity index (χ1n) is 11.1. The van der Waals surface area contributed by atoms with Crippen molar-refractivity contribution in [1.29, 1.82) is 0 Å². The van der Waals surface area contributed by atoms with Crippen LogP contribution in [0, 0.1) is 0 Å². The quantitative estimate of drug-likeness (QED) is 0.424. The number of rotatable bonds is 3. The van der Waals surface area contributed by atoms with Crippen molar-refractivity contribution in [2.75, 3.05) is 20.1 Å². The Morgan fingerprint density at radius 1 is 1.03 bits per heavy atom. The Balaban J connectivity index is 0.000000301. The molecule has 0 amide bonds. The molecule has 4 rings (SSSR count). The lowest BCUT2D eigenvalue weighted by atomic mass is 9.72. The van der Waals surface area contributed by atoms with E-state index in [0.717, 1.165) is 31.6 Å². The minimum absolute atomic E-state index is 0.00121. The second kappa shape index (κ2) is 12.5. The van der Waals surface area contributed by atoms with E-state index in [1.165, 1.54) is 11.1 Å². The fraction of sp³-hybridized carbons (Fsp3) is 0.478. The normalized spacial score (nSPS) is 20.0. The number of benzene rings is 1. The molecule has 210 valence electrons. The number of halogens is 6. The number of hydrogen-bond donors (Lipinski definition) is 4. The average Bonchev–Trinajstić information content (AvgIpc) is 3.07. The van der Waals surface area contributed by atoms with E-state index in [0.29, 0.717) is 6.54 Å². The third-order valence-electron chi connectivity index (χ3n) is 6.16. The van der Waals surface area contributed by atoms with Crippen molar-refractivity contribution >= 4 is 11.9 Å². The molecule has 2 aliphatic rings. The lowest BCUT2D eigenvalue weighted by Crippen LogP contribution is -2.48. The number of carboxylic acid groups (broad SMARTS) is 2. The van der Waals surface area contributed by atoms with Crippen LogP contribution in [0.25, 0.3) is 0 Å². The number of nitrogens with one attached hydrogen (secondary N) is 1. The van der Waals surface area contributed by atoms with E-state index >= 15 is 0 Å². The molecule has 2 atom stereocenters. The first-order valence-corrected chi connectivity index (χ1v) is 11.1. The average molecular weight is 552 g/mol. The summed E-state index contributed by atoms with van der Waals surface area (Å²) in [5, 5.41) is 29.0. The number of nitrogens with zero attached hydrogens (tertiary/aromatic N) is 3. The van der Waals surface area contributed by atoms with Crippen molar-refractivity contribution in [2.45, 2.75) is 49.3 Å². The maximum atomic E-state index is 11.3. The van der Waals surface area contributed by atoms with Gasteiger partial charge in [-0.1, -0.05) is 24.3 Å². The number of carbonyl (C=O) groups is 2. The van der Waals surface area contributed by atoms with Gasteiger partial charge in [-0.3, -0.25) is 14.9 Å². The zero-order valence-corrected chi connectivity index (χ0v) is 20.0. The van der Waals surface area contributed by atoms with Gasteiger partial charge in [-0.05, 0) is 44.1 Å². The Kier molecular flexibility index (Phi) is 10.2. The molecule has 4 N–H and O–H groups in total. The summed E-state index contributed by atoms with van der Waals surface area (Å²) < 4.78 is 63.5. The van der Waals surface area contributed by atoms with E-state index in [2.05, 4.69) is 51.5 Å². The number of likely N-dealkylation sites (N-methyl/N-ethyl adjacent to an activating group) is 1. The number of aliphatic carboxylic acids is 2. The molecular weight excluding hydrogens is 526 g/mol. The Labute approximate surface area is 213 Å². The molecule has 1 aliphatic heterocycles. The number of aromatic nitrogens is 2. The molecule has 2 aromatic rings. The number of carboxylic acids is 2. The molecule has 1 aromatic carbocycles. The molecule has 1 fully saturated rings. The summed E-state index contributed by atoms with van der Waals surface area (Å²) in [6, 6.07) is 8.56. The van der Waals surface area contributed by atoms with E-state index < -0.39 is 30.4 Å². The fourth-order valence-corrected chi connectivity index (χ4v) is 4.52. The van der Waals surface area contributed by atoms with Crippen molar-refractivity contribution in [3.05, 3.63) is 59.7 Å². The molecule has 2 heterocycles. The van der Waals surface area contributed by atoms with Gasteiger partial charge in [-0.25, -0.2) is 9.59 Å². The predicted octanol–water partition coefficient (Wildman–Crippen LogP) is 2.91. The highest BCUT2D eigenvalue weighted by Crippen LogP contribution is 2.51. The smallest absolute Gasteiger partial charge is 0.475 e. The fourth-order valence-electron chi connectivity index (χ4n) is 4.52. The number of fused-ring (bicyclic) bond motifs is 2. The van der Waals surface area contributed by atoms with Crippen LogP contribution < -0.4 is 5.32 Å². The van der Waals surface area contributed by atoms with Crippen molar-refractivity contribution in [2.24, 2.45) is 0 Å². The van der Waals surface area contributed by atoms with Gasteiger partial charge in [0.15, 0.2) is 0 Å². The van der Waals surface area contributed by atoms with Gasteiger partial charge >= 0.3 is 24.3 Å². The second-order valence-electron chi connectivity index (χ2n) is 8.60. The lowest BCUT2D eigenvalue weighted by Gasteiger charge is -2.40. The van der Waals surface area contributed by atoms with E-state index in [4.69, 9.17) is 19.8 Å². The zero-order valence-electron chi connectivity index (χ0n) is 20.0. The van der Waals surface area contributed by atoms with Gasteiger partial charge in [0, 0.05) is 30.6 Å². The highest BCUT2D eigenvalue weighted by atomic mass is 19.4. The predicted molar refractivity (Wildman–Crippen MR) is 120 cm³/mol. The summed E-state index contributed by atoms with van der Waals surface area (Å²) >= 11 is 0. The topological polar surface area (TPSA) is 136 Å². The number of piperidine rings is 1. The Hall–Kier alpha value is -3.30. The van der Waals surface area contributed by atoms with Gasteiger partial charge in [-0.2, -0.15) is 26.3 Å². The van der Waals surface area contributed by atoms with Gasteiger partial charge in [0.25, 0.3) is 0 Å². The molecule has 1 aliphatic carbocycles. The third-order valence-corrected chi connectivity index (χ3v) is 6.16. The van der Waals surface area contributed by atoms with Crippen molar-refractivity contribution in [1.82, 2.24) is 20.2 Å². The van der Waals surface area contributed by atoms with Crippen LogP contribution in [0.5, 0.6) is 0 Å². The molecule has 0 unspecified atom stereocenters. The maximum absolute atomic E-state index is 11.3. The number of aliphatic hydroxyl groups is 1. The molecule has 9 nitrogen and oxygen atoms in total. The van der Waals surface area contributed by atoms with E-state index in [9.17, 15) is 31.4 Å². The molecule has 0 bridgehead atoms. The summed E-state index contributed by atoms with van der Waals surface area (Å²) in [6.07, 6.45) is -3.38. The van der Waals surface area contributed by atoms with Crippen LogP contribution in [-0.4, -0.2) is 80.7 Å². The van der Waals surface area contributed by atoms with Gasteiger partial charge < -0.3 is 20.6 Å². The summed E-state index contributed by atoms with van der Waals surface area (Å²) in [6.45, 7) is 2.61. The number of hydrogen-bond acceptors (Lipinski definition) is 7. The Morgan fingerprint density at radius 2 is 1.55 bits per heavy atom. The molecule has 0 saturated carbocycles. The highest BCUT2D eigenvalue weighted by Gasteiger charge is 2.52. The first-order chi connectivity index (χ1) is 17.6. The second-order valence-corrected chi connectivity index (χ2v) is 8.60. The molecular formula is C23H26F6N4O5. The van der Waals surface area contributed by atoms with Gasteiger partial charge in [0.05, 0.1) is 17.8 Å². The minimum Gasteiger partial charge on any atom is -0.475 e.